The molecule has 0 aliphatic rings. The first kappa shape index (κ1) is 14.0. The molecule has 2 rings (SSSR count). The largest absolute Gasteiger partial charge is 0.481 e. The molecule has 0 aromatic carbocycles. The molecule has 2 aromatic rings. The van der Waals surface area contributed by atoms with Crippen molar-refractivity contribution in [1.82, 2.24) is 20.1 Å². The predicted molar refractivity (Wildman–Crippen MR) is 72.5 cm³/mol. The van der Waals surface area contributed by atoms with Crippen LogP contribution in [-0.2, 0) is 11.3 Å². The molecule has 0 fully saturated rings. The van der Waals surface area contributed by atoms with Gasteiger partial charge in [0.15, 0.2) is 5.65 Å². The van der Waals surface area contributed by atoms with E-state index in [2.05, 4.69) is 15.4 Å². The van der Waals surface area contributed by atoms with Crippen LogP contribution in [0.4, 0.5) is 0 Å². The van der Waals surface area contributed by atoms with Gasteiger partial charge in [-0.05, 0) is 19.9 Å². The maximum absolute atomic E-state index is 12.0. The summed E-state index contributed by atoms with van der Waals surface area (Å²) in [6.07, 6.45) is 1.56. The van der Waals surface area contributed by atoms with E-state index in [9.17, 15) is 9.59 Å². The van der Waals surface area contributed by atoms with E-state index < -0.39 is 5.97 Å². The summed E-state index contributed by atoms with van der Waals surface area (Å²) in [4.78, 5) is 26.8. The predicted octanol–water partition coefficient (Wildman–Crippen LogP) is 0.964. The van der Waals surface area contributed by atoms with Crippen LogP contribution in [0.15, 0.2) is 12.3 Å². The Morgan fingerprint density at radius 3 is 2.85 bits per heavy atom. The summed E-state index contributed by atoms with van der Waals surface area (Å²) in [5.41, 5.74) is 1.78. The summed E-state index contributed by atoms with van der Waals surface area (Å²) in [5.74, 6) is -1.26. The Kier molecular flexibility index (Phi) is 3.97. The Morgan fingerprint density at radius 2 is 2.20 bits per heavy atom. The number of aliphatic carboxylic acids is 1. The topological polar surface area (TPSA) is 97.1 Å². The fraction of sp³-hybridized carbons (Fsp3) is 0.385. The Bertz CT molecular complexity index is 663. The lowest BCUT2D eigenvalue weighted by Gasteiger charge is -2.07. The average Bonchev–Trinajstić information content (AvgIpc) is 2.79. The zero-order valence-electron chi connectivity index (χ0n) is 11.4. The highest BCUT2D eigenvalue weighted by Gasteiger charge is 2.13. The molecule has 0 radical (unpaired) electrons. The number of aryl methyl sites for hydroxylation is 2. The average molecular weight is 276 g/mol. The van der Waals surface area contributed by atoms with Crippen molar-refractivity contribution >= 4 is 22.9 Å². The van der Waals surface area contributed by atoms with E-state index in [1.54, 1.807) is 23.9 Å². The van der Waals surface area contributed by atoms with Gasteiger partial charge in [0.1, 0.15) is 0 Å². The van der Waals surface area contributed by atoms with E-state index in [0.29, 0.717) is 17.8 Å². The number of hydrogen-bond donors (Lipinski definition) is 2. The molecule has 0 aliphatic heterocycles. The number of carbonyl (C=O) groups excluding carboxylic acids is 1. The highest BCUT2D eigenvalue weighted by atomic mass is 16.4. The number of carboxylic acid groups (broad SMARTS) is 1. The van der Waals surface area contributed by atoms with Crippen molar-refractivity contribution < 1.29 is 14.7 Å². The number of carboxylic acids is 1. The Labute approximate surface area is 115 Å². The number of nitrogens with zero attached hydrogens (tertiary/aromatic N) is 3. The summed E-state index contributed by atoms with van der Waals surface area (Å²) in [6, 6.07) is 1.73. The van der Waals surface area contributed by atoms with Gasteiger partial charge in [0.05, 0.1) is 23.9 Å². The third-order valence-electron chi connectivity index (χ3n) is 2.97. The van der Waals surface area contributed by atoms with Gasteiger partial charge < -0.3 is 10.4 Å². The minimum Gasteiger partial charge on any atom is -0.481 e. The first-order valence-electron chi connectivity index (χ1n) is 6.36. The molecule has 2 aromatic heterocycles. The van der Waals surface area contributed by atoms with Crippen LogP contribution in [0.25, 0.3) is 11.0 Å². The Morgan fingerprint density at radius 1 is 1.45 bits per heavy atom. The van der Waals surface area contributed by atoms with Crippen LogP contribution in [-0.4, -0.2) is 38.3 Å². The van der Waals surface area contributed by atoms with Crippen LogP contribution in [0.1, 0.15) is 29.4 Å². The Balaban J connectivity index is 2.23. The molecule has 0 spiro atoms. The minimum absolute atomic E-state index is 0.0971. The van der Waals surface area contributed by atoms with Crippen LogP contribution in [0.5, 0.6) is 0 Å². The number of aromatic nitrogens is 3. The van der Waals surface area contributed by atoms with Crippen molar-refractivity contribution in [3.63, 3.8) is 0 Å². The molecule has 2 N–H and O–H groups in total. The van der Waals surface area contributed by atoms with Crippen LogP contribution in [0, 0.1) is 6.92 Å². The maximum atomic E-state index is 12.0. The Hall–Kier alpha value is -2.44. The summed E-state index contributed by atoms with van der Waals surface area (Å²) in [5, 5.41) is 16.1. The number of fused-ring (bicyclic) bond motifs is 1. The lowest BCUT2D eigenvalue weighted by molar-refractivity contribution is -0.136. The van der Waals surface area contributed by atoms with Crippen molar-refractivity contribution in [1.29, 1.82) is 0 Å². The summed E-state index contributed by atoms with van der Waals surface area (Å²) in [6.45, 7) is 4.52. The fourth-order valence-electron chi connectivity index (χ4n) is 1.94. The van der Waals surface area contributed by atoms with Gasteiger partial charge in [-0.3, -0.25) is 9.59 Å². The molecular weight excluding hydrogens is 260 g/mol. The van der Waals surface area contributed by atoms with Gasteiger partial charge in [-0.25, -0.2) is 9.67 Å². The molecule has 2 heterocycles. The number of nitrogens with one attached hydrogen (secondary N) is 1. The van der Waals surface area contributed by atoms with Crippen molar-refractivity contribution in [2.24, 2.45) is 0 Å². The minimum atomic E-state index is -0.945. The third-order valence-corrected chi connectivity index (χ3v) is 2.97. The van der Waals surface area contributed by atoms with E-state index in [0.717, 1.165) is 11.0 Å². The lowest BCUT2D eigenvalue weighted by Crippen LogP contribution is -2.26. The molecule has 106 valence electrons. The molecule has 0 aliphatic carbocycles. The van der Waals surface area contributed by atoms with E-state index in [-0.39, 0.29) is 18.9 Å². The van der Waals surface area contributed by atoms with Crippen LogP contribution >= 0.6 is 0 Å². The van der Waals surface area contributed by atoms with Gasteiger partial charge in [-0.15, -0.1) is 0 Å². The van der Waals surface area contributed by atoms with E-state index in [1.165, 1.54) is 0 Å². The highest BCUT2D eigenvalue weighted by Crippen LogP contribution is 2.16. The molecule has 7 heteroatoms. The van der Waals surface area contributed by atoms with E-state index in [1.807, 2.05) is 6.92 Å². The van der Waals surface area contributed by atoms with Crippen molar-refractivity contribution in [2.75, 3.05) is 6.54 Å². The first-order valence-corrected chi connectivity index (χ1v) is 6.36. The molecular formula is C13H16N4O3. The molecule has 0 unspecified atom stereocenters. The summed E-state index contributed by atoms with van der Waals surface area (Å²) < 4.78 is 1.76. The van der Waals surface area contributed by atoms with Gasteiger partial charge in [-0.1, -0.05) is 0 Å². The number of amides is 1. The number of hydrogen-bond acceptors (Lipinski definition) is 4. The second kappa shape index (κ2) is 5.68. The molecule has 0 saturated carbocycles. The van der Waals surface area contributed by atoms with Crippen molar-refractivity contribution in [3.8, 4) is 0 Å². The second-order valence-electron chi connectivity index (χ2n) is 4.39. The normalized spacial score (nSPS) is 10.7. The zero-order chi connectivity index (χ0) is 14.7. The fourth-order valence-corrected chi connectivity index (χ4v) is 1.94. The summed E-state index contributed by atoms with van der Waals surface area (Å²) >= 11 is 0. The van der Waals surface area contributed by atoms with E-state index >= 15 is 0 Å². The van der Waals surface area contributed by atoms with Gasteiger partial charge >= 0.3 is 5.97 Å². The molecule has 7 nitrogen and oxygen atoms in total. The number of carbonyl (C=O) groups is 2. The van der Waals surface area contributed by atoms with Crippen LogP contribution in [0.2, 0.25) is 0 Å². The molecule has 0 saturated heterocycles. The van der Waals surface area contributed by atoms with Gasteiger partial charge in [0.2, 0.25) is 0 Å². The monoisotopic (exact) mass is 276 g/mol. The summed E-state index contributed by atoms with van der Waals surface area (Å²) in [7, 11) is 0. The third kappa shape index (κ3) is 2.76. The van der Waals surface area contributed by atoms with E-state index in [4.69, 9.17) is 5.11 Å². The number of pyridine rings is 1. The second-order valence-corrected chi connectivity index (χ2v) is 4.39. The molecule has 0 bridgehead atoms. The first-order chi connectivity index (χ1) is 9.52. The van der Waals surface area contributed by atoms with Gasteiger partial charge in [-0.2, -0.15) is 5.10 Å². The highest BCUT2D eigenvalue weighted by molar-refractivity contribution is 5.98. The van der Waals surface area contributed by atoms with Crippen molar-refractivity contribution in [2.45, 2.75) is 26.8 Å². The SMILES string of the molecule is CCn1ncc2cc(C(=O)NCCC(=O)O)c(C)nc21. The van der Waals surface area contributed by atoms with Gasteiger partial charge in [0.25, 0.3) is 5.91 Å². The standard InChI is InChI=1S/C13H16N4O3/c1-3-17-12-9(7-15-17)6-10(8(2)16-12)13(20)14-5-4-11(18)19/h6-7H,3-5H2,1-2H3,(H,14,20)(H,18,19). The zero-order valence-corrected chi connectivity index (χ0v) is 11.4. The number of rotatable bonds is 5. The van der Waals surface area contributed by atoms with Crippen molar-refractivity contribution in [3.05, 3.63) is 23.5 Å². The molecule has 1 amide bonds. The molecule has 0 atom stereocenters. The van der Waals surface area contributed by atoms with Gasteiger partial charge in [0, 0.05) is 18.5 Å². The smallest absolute Gasteiger partial charge is 0.305 e. The van der Waals surface area contributed by atoms with Crippen LogP contribution in [0.3, 0.4) is 0 Å². The maximum Gasteiger partial charge on any atom is 0.305 e. The lowest BCUT2D eigenvalue weighted by atomic mass is 10.1. The quantitative estimate of drug-likeness (QED) is 0.848. The van der Waals surface area contributed by atoms with Crippen LogP contribution < -0.4 is 5.32 Å². The molecule has 20 heavy (non-hydrogen) atoms.